The van der Waals surface area contributed by atoms with E-state index in [1.165, 1.54) is 0 Å². The van der Waals surface area contributed by atoms with Gasteiger partial charge in [-0.15, -0.1) is 0 Å². The number of amides is 1. The Morgan fingerprint density at radius 1 is 0.963 bits per heavy atom. The van der Waals surface area contributed by atoms with Crippen molar-refractivity contribution in [1.82, 2.24) is 14.7 Å². The van der Waals surface area contributed by atoms with Crippen molar-refractivity contribution >= 4 is 23.2 Å². The summed E-state index contributed by atoms with van der Waals surface area (Å²) >= 11 is 6.09. The van der Waals surface area contributed by atoms with Crippen LogP contribution in [-0.4, -0.2) is 46.8 Å². The third-order valence-corrected chi connectivity index (χ3v) is 5.22. The van der Waals surface area contributed by atoms with Gasteiger partial charge >= 0.3 is 0 Å². The number of para-hydroxylation sites is 1. The SMILES string of the molecule is Cc1c(C(=O)N2CCN(c3cccc(Cl)c3)CC2)cnn1-c1ccccc1. The van der Waals surface area contributed by atoms with Crippen LogP contribution >= 0.6 is 11.6 Å². The minimum Gasteiger partial charge on any atom is -0.368 e. The summed E-state index contributed by atoms with van der Waals surface area (Å²) in [7, 11) is 0. The van der Waals surface area contributed by atoms with Crippen molar-refractivity contribution in [3.8, 4) is 5.69 Å². The number of hydrogen-bond donors (Lipinski definition) is 0. The molecule has 5 nitrogen and oxygen atoms in total. The van der Waals surface area contributed by atoms with Gasteiger partial charge in [-0.2, -0.15) is 5.10 Å². The first-order valence-corrected chi connectivity index (χ1v) is 9.41. The van der Waals surface area contributed by atoms with Crippen LogP contribution in [0.15, 0.2) is 60.8 Å². The average Bonchev–Trinajstić information content (AvgIpc) is 3.09. The molecule has 0 radical (unpaired) electrons. The Labute approximate surface area is 163 Å². The van der Waals surface area contributed by atoms with Crippen molar-refractivity contribution in [2.24, 2.45) is 0 Å². The lowest BCUT2D eigenvalue weighted by molar-refractivity contribution is 0.0746. The third kappa shape index (κ3) is 3.55. The average molecular weight is 381 g/mol. The zero-order valence-corrected chi connectivity index (χ0v) is 15.9. The van der Waals surface area contributed by atoms with Crippen LogP contribution in [0.4, 0.5) is 5.69 Å². The molecule has 0 unspecified atom stereocenters. The van der Waals surface area contributed by atoms with Gasteiger partial charge in [-0.05, 0) is 37.3 Å². The van der Waals surface area contributed by atoms with Crippen molar-refractivity contribution in [2.75, 3.05) is 31.1 Å². The maximum atomic E-state index is 13.0. The number of piperazine rings is 1. The molecule has 0 aliphatic carbocycles. The molecule has 27 heavy (non-hydrogen) atoms. The smallest absolute Gasteiger partial charge is 0.257 e. The highest BCUT2D eigenvalue weighted by atomic mass is 35.5. The second-order valence-corrected chi connectivity index (χ2v) is 7.09. The van der Waals surface area contributed by atoms with Crippen LogP contribution in [0.5, 0.6) is 0 Å². The molecule has 4 rings (SSSR count). The first-order chi connectivity index (χ1) is 13.1. The van der Waals surface area contributed by atoms with Gasteiger partial charge in [-0.1, -0.05) is 35.9 Å². The molecular weight excluding hydrogens is 360 g/mol. The fourth-order valence-electron chi connectivity index (χ4n) is 3.46. The quantitative estimate of drug-likeness (QED) is 0.694. The highest BCUT2D eigenvalue weighted by molar-refractivity contribution is 6.30. The normalized spacial score (nSPS) is 14.4. The molecule has 1 aromatic heterocycles. The number of carbonyl (C=O) groups excluding carboxylic acids is 1. The summed E-state index contributed by atoms with van der Waals surface area (Å²) < 4.78 is 1.81. The van der Waals surface area contributed by atoms with E-state index < -0.39 is 0 Å². The molecule has 1 amide bonds. The summed E-state index contributed by atoms with van der Waals surface area (Å²) in [5.74, 6) is 0.0421. The predicted octanol–water partition coefficient (Wildman–Crippen LogP) is 3.80. The van der Waals surface area contributed by atoms with Crippen LogP contribution in [0.2, 0.25) is 5.02 Å². The van der Waals surface area contributed by atoms with Crippen molar-refractivity contribution in [3.63, 3.8) is 0 Å². The van der Waals surface area contributed by atoms with E-state index in [9.17, 15) is 4.79 Å². The predicted molar refractivity (Wildman–Crippen MR) is 108 cm³/mol. The topological polar surface area (TPSA) is 41.4 Å². The molecule has 2 heterocycles. The number of nitrogens with zero attached hydrogens (tertiary/aromatic N) is 4. The van der Waals surface area contributed by atoms with Gasteiger partial charge in [0.25, 0.3) is 5.91 Å². The molecule has 0 N–H and O–H groups in total. The molecule has 138 valence electrons. The second kappa shape index (κ2) is 7.45. The lowest BCUT2D eigenvalue weighted by Gasteiger charge is -2.36. The molecule has 0 atom stereocenters. The van der Waals surface area contributed by atoms with E-state index >= 15 is 0 Å². The van der Waals surface area contributed by atoms with E-state index in [2.05, 4.69) is 16.1 Å². The number of anilines is 1. The largest absolute Gasteiger partial charge is 0.368 e. The zero-order chi connectivity index (χ0) is 18.8. The van der Waals surface area contributed by atoms with Crippen LogP contribution < -0.4 is 4.90 Å². The summed E-state index contributed by atoms with van der Waals surface area (Å²) in [5.41, 5.74) is 3.58. The van der Waals surface area contributed by atoms with Gasteiger partial charge in [0.05, 0.1) is 23.1 Å². The van der Waals surface area contributed by atoms with E-state index in [0.29, 0.717) is 18.7 Å². The number of aromatic nitrogens is 2. The van der Waals surface area contributed by atoms with Crippen LogP contribution in [-0.2, 0) is 0 Å². The summed E-state index contributed by atoms with van der Waals surface area (Å²) in [4.78, 5) is 17.2. The first kappa shape index (κ1) is 17.6. The van der Waals surface area contributed by atoms with Crippen molar-refractivity contribution in [1.29, 1.82) is 0 Å². The van der Waals surface area contributed by atoms with Gasteiger partial charge in [0.2, 0.25) is 0 Å². The molecule has 1 saturated heterocycles. The monoisotopic (exact) mass is 380 g/mol. The minimum absolute atomic E-state index is 0.0421. The maximum Gasteiger partial charge on any atom is 0.257 e. The molecule has 0 saturated carbocycles. The maximum absolute atomic E-state index is 13.0. The third-order valence-electron chi connectivity index (χ3n) is 4.98. The highest BCUT2D eigenvalue weighted by Crippen LogP contribution is 2.22. The van der Waals surface area contributed by atoms with Crippen LogP contribution in [0.3, 0.4) is 0 Å². The fourth-order valence-corrected chi connectivity index (χ4v) is 3.64. The first-order valence-electron chi connectivity index (χ1n) is 9.03. The number of rotatable bonds is 3. The molecule has 1 aliphatic heterocycles. The van der Waals surface area contributed by atoms with E-state index in [4.69, 9.17) is 11.6 Å². The van der Waals surface area contributed by atoms with E-state index in [1.54, 1.807) is 6.20 Å². The van der Waals surface area contributed by atoms with Crippen LogP contribution in [0.1, 0.15) is 16.1 Å². The van der Waals surface area contributed by atoms with E-state index in [-0.39, 0.29) is 5.91 Å². The Balaban J connectivity index is 1.46. The molecule has 2 aromatic carbocycles. The van der Waals surface area contributed by atoms with Crippen molar-refractivity contribution in [3.05, 3.63) is 77.1 Å². The van der Waals surface area contributed by atoms with Gasteiger partial charge in [0, 0.05) is 36.9 Å². The number of halogens is 1. The molecule has 6 heteroatoms. The minimum atomic E-state index is 0.0421. The Hall–Kier alpha value is -2.79. The van der Waals surface area contributed by atoms with Gasteiger partial charge < -0.3 is 9.80 Å². The molecule has 0 spiro atoms. The van der Waals surface area contributed by atoms with Crippen LogP contribution in [0.25, 0.3) is 5.69 Å². The van der Waals surface area contributed by atoms with E-state index in [0.717, 1.165) is 35.2 Å². The fraction of sp³-hybridized carbons (Fsp3) is 0.238. The molecule has 1 fully saturated rings. The highest BCUT2D eigenvalue weighted by Gasteiger charge is 2.25. The van der Waals surface area contributed by atoms with Gasteiger partial charge in [-0.25, -0.2) is 4.68 Å². The molecule has 3 aromatic rings. The second-order valence-electron chi connectivity index (χ2n) is 6.65. The van der Waals surface area contributed by atoms with Gasteiger partial charge in [0.1, 0.15) is 0 Å². The lowest BCUT2D eigenvalue weighted by Crippen LogP contribution is -2.48. The molecule has 1 aliphatic rings. The Morgan fingerprint density at radius 2 is 1.67 bits per heavy atom. The summed E-state index contributed by atoms with van der Waals surface area (Å²) in [6.45, 7) is 4.88. The number of hydrogen-bond acceptors (Lipinski definition) is 3. The molecule has 0 bridgehead atoms. The van der Waals surface area contributed by atoms with Gasteiger partial charge in [-0.3, -0.25) is 4.79 Å². The summed E-state index contributed by atoms with van der Waals surface area (Å²) in [6.07, 6.45) is 1.67. The number of carbonyl (C=O) groups is 1. The Morgan fingerprint density at radius 3 is 2.37 bits per heavy atom. The van der Waals surface area contributed by atoms with Crippen LogP contribution in [0, 0.1) is 6.92 Å². The Kier molecular flexibility index (Phi) is 4.86. The molecular formula is C21H21ClN4O. The Bertz CT molecular complexity index is 946. The zero-order valence-electron chi connectivity index (χ0n) is 15.2. The van der Waals surface area contributed by atoms with Crippen molar-refractivity contribution < 1.29 is 4.79 Å². The van der Waals surface area contributed by atoms with E-state index in [1.807, 2.05) is 65.0 Å². The summed E-state index contributed by atoms with van der Waals surface area (Å²) in [6, 6.07) is 17.7. The van der Waals surface area contributed by atoms with Gasteiger partial charge in [0.15, 0.2) is 0 Å². The standard InChI is InChI=1S/C21H21ClN4O/c1-16-20(15-23-26(16)18-7-3-2-4-8-18)21(27)25-12-10-24(11-13-25)19-9-5-6-17(22)14-19/h2-9,14-15H,10-13H2,1H3. The lowest BCUT2D eigenvalue weighted by atomic mass is 10.2. The van der Waals surface area contributed by atoms with Crippen molar-refractivity contribution in [2.45, 2.75) is 6.92 Å². The summed E-state index contributed by atoms with van der Waals surface area (Å²) in [5, 5.41) is 5.15. The number of benzene rings is 2.